The van der Waals surface area contributed by atoms with Crippen molar-refractivity contribution in [3.8, 4) is 0 Å². The predicted octanol–water partition coefficient (Wildman–Crippen LogP) is 3.26. The molecule has 0 radical (unpaired) electrons. The lowest BCUT2D eigenvalue weighted by Gasteiger charge is -2.16. The first-order valence-electron chi connectivity index (χ1n) is 9.09. The van der Waals surface area contributed by atoms with Crippen LogP contribution in [0, 0.1) is 0 Å². The Balaban J connectivity index is 1.44. The average Bonchev–Trinajstić information content (AvgIpc) is 3.34. The second kappa shape index (κ2) is 7.95. The summed E-state index contributed by atoms with van der Waals surface area (Å²) in [7, 11) is -3.61. The number of nitrogens with zero attached hydrogens (tertiary/aromatic N) is 1. The third-order valence-corrected chi connectivity index (χ3v) is 7.76. The molecular formula is C20H20ClN3O3S2. The monoisotopic (exact) mass is 449 g/mol. The van der Waals surface area contributed by atoms with Crippen molar-refractivity contribution in [3.63, 3.8) is 0 Å². The summed E-state index contributed by atoms with van der Waals surface area (Å²) >= 11 is 7.78. The summed E-state index contributed by atoms with van der Waals surface area (Å²) in [6.07, 6.45) is 0.588. The summed E-state index contributed by atoms with van der Waals surface area (Å²) in [4.78, 5) is 14.5. The standard InChI is InChI=1S/C20H20ClN3O3S2/c21-19-16-3-2-15(9-14(16)1-4-17(19)22)29(26,27)12-23-18-5-7-24(20(18)25)10-13-6-8-28-11-13/h1-4,6,8-9,11,18,23H,5,7,10,12,22H2/t18-/m0/s1. The van der Waals surface area contributed by atoms with Gasteiger partial charge in [0.1, 0.15) is 5.88 Å². The fourth-order valence-electron chi connectivity index (χ4n) is 3.46. The minimum absolute atomic E-state index is 0.0628. The van der Waals surface area contributed by atoms with Gasteiger partial charge in [-0.05, 0) is 52.4 Å². The fraction of sp³-hybridized carbons (Fsp3) is 0.250. The van der Waals surface area contributed by atoms with Gasteiger partial charge in [0, 0.05) is 18.5 Å². The molecular weight excluding hydrogens is 430 g/mol. The van der Waals surface area contributed by atoms with Gasteiger partial charge in [0.2, 0.25) is 5.91 Å². The molecule has 0 spiro atoms. The Hall–Kier alpha value is -2.13. The Bertz CT molecular complexity index is 1160. The van der Waals surface area contributed by atoms with Crippen LogP contribution in [0.25, 0.3) is 10.8 Å². The number of carbonyl (C=O) groups is 1. The van der Waals surface area contributed by atoms with Gasteiger partial charge in [-0.1, -0.05) is 23.7 Å². The normalized spacial score (nSPS) is 17.3. The Kier molecular flexibility index (Phi) is 5.52. The smallest absolute Gasteiger partial charge is 0.240 e. The molecule has 1 aromatic heterocycles. The minimum Gasteiger partial charge on any atom is -0.398 e. The molecule has 4 rings (SSSR count). The largest absolute Gasteiger partial charge is 0.398 e. The maximum absolute atomic E-state index is 12.8. The third kappa shape index (κ3) is 4.11. The SMILES string of the molecule is Nc1ccc2cc(S(=O)(=O)CN[C@H]3CCN(Cc4ccsc4)C3=O)ccc2c1Cl. The summed E-state index contributed by atoms with van der Waals surface area (Å²) in [5.74, 6) is -0.364. The second-order valence-corrected chi connectivity index (χ2v) is 10.2. The number of fused-ring (bicyclic) bond motifs is 1. The van der Waals surface area contributed by atoms with Crippen LogP contribution in [0.5, 0.6) is 0 Å². The first-order chi connectivity index (χ1) is 13.8. The van der Waals surface area contributed by atoms with Gasteiger partial charge in [-0.3, -0.25) is 10.1 Å². The van der Waals surface area contributed by atoms with Crippen LogP contribution >= 0.6 is 22.9 Å². The van der Waals surface area contributed by atoms with Crippen LogP contribution in [0.1, 0.15) is 12.0 Å². The van der Waals surface area contributed by atoms with Crippen LogP contribution in [0.2, 0.25) is 5.02 Å². The highest BCUT2D eigenvalue weighted by molar-refractivity contribution is 7.91. The van der Waals surface area contributed by atoms with Crippen molar-refractivity contribution >= 4 is 55.1 Å². The van der Waals surface area contributed by atoms with E-state index in [9.17, 15) is 13.2 Å². The maximum atomic E-state index is 12.8. The zero-order chi connectivity index (χ0) is 20.6. The van der Waals surface area contributed by atoms with Gasteiger partial charge in [-0.25, -0.2) is 8.42 Å². The lowest BCUT2D eigenvalue weighted by atomic mass is 10.1. The van der Waals surface area contributed by atoms with E-state index in [1.807, 2.05) is 16.8 Å². The van der Waals surface area contributed by atoms with E-state index in [0.717, 1.165) is 5.56 Å². The summed E-state index contributed by atoms with van der Waals surface area (Å²) in [6, 6.07) is 9.65. The molecule has 1 fully saturated rings. The number of amides is 1. The lowest BCUT2D eigenvalue weighted by Crippen LogP contribution is -2.40. The van der Waals surface area contributed by atoms with E-state index in [1.54, 1.807) is 40.5 Å². The summed E-state index contributed by atoms with van der Waals surface area (Å²) in [5.41, 5.74) is 7.34. The molecule has 1 saturated heterocycles. The van der Waals surface area contributed by atoms with Crippen LogP contribution in [0.3, 0.4) is 0 Å². The highest BCUT2D eigenvalue weighted by Crippen LogP contribution is 2.30. The van der Waals surface area contributed by atoms with Crippen molar-refractivity contribution < 1.29 is 13.2 Å². The predicted molar refractivity (Wildman–Crippen MR) is 117 cm³/mol. The molecule has 2 heterocycles. The highest BCUT2D eigenvalue weighted by atomic mass is 35.5. The number of nitrogens with two attached hydrogens (primary N) is 1. The first-order valence-corrected chi connectivity index (χ1v) is 12.1. The van der Waals surface area contributed by atoms with E-state index in [2.05, 4.69) is 5.32 Å². The van der Waals surface area contributed by atoms with Gasteiger partial charge in [0.05, 0.1) is 21.6 Å². The van der Waals surface area contributed by atoms with E-state index in [1.165, 1.54) is 6.07 Å². The summed E-state index contributed by atoms with van der Waals surface area (Å²) in [5, 5.41) is 8.72. The number of anilines is 1. The maximum Gasteiger partial charge on any atom is 0.240 e. The number of thiophene rings is 1. The van der Waals surface area contributed by atoms with Crippen molar-refractivity contribution in [2.24, 2.45) is 0 Å². The number of benzene rings is 2. The Morgan fingerprint density at radius 2 is 2.07 bits per heavy atom. The quantitative estimate of drug-likeness (QED) is 0.563. The molecule has 2 aromatic carbocycles. The molecule has 0 unspecified atom stereocenters. The average molecular weight is 450 g/mol. The van der Waals surface area contributed by atoms with Crippen LogP contribution in [-0.2, 0) is 21.2 Å². The zero-order valence-corrected chi connectivity index (χ0v) is 17.9. The van der Waals surface area contributed by atoms with Crippen LogP contribution in [0.4, 0.5) is 5.69 Å². The van der Waals surface area contributed by atoms with Crippen molar-refractivity contribution in [3.05, 3.63) is 57.7 Å². The van der Waals surface area contributed by atoms with Gasteiger partial charge in [-0.15, -0.1) is 0 Å². The van der Waals surface area contributed by atoms with Gasteiger partial charge >= 0.3 is 0 Å². The number of rotatable bonds is 6. The number of likely N-dealkylation sites (tertiary alicyclic amines) is 1. The van der Waals surface area contributed by atoms with Crippen LogP contribution in [-0.4, -0.2) is 37.7 Å². The third-order valence-electron chi connectivity index (χ3n) is 5.09. The van der Waals surface area contributed by atoms with Crippen molar-refractivity contribution in [2.45, 2.75) is 23.9 Å². The number of nitrogen functional groups attached to an aromatic ring is 1. The molecule has 0 bridgehead atoms. The summed E-state index contributed by atoms with van der Waals surface area (Å²) < 4.78 is 25.6. The lowest BCUT2D eigenvalue weighted by molar-refractivity contribution is -0.129. The number of hydrogen-bond acceptors (Lipinski definition) is 6. The molecule has 1 atom stereocenters. The fourth-order valence-corrected chi connectivity index (χ4v) is 5.53. The molecule has 0 saturated carbocycles. The Morgan fingerprint density at radius 1 is 1.24 bits per heavy atom. The highest BCUT2D eigenvalue weighted by Gasteiger charge is 2.32. The molecule has 1 aliphatic heterocycles. The summed E-state index contributed by atoms with van der Waals surface area (Å²) in [6.45, 7) is 1.17. The molecule has 3 aromatic rings. The molecule has 6 nitrogen and oxygen atoms in total. The van der Waals surface area contributed by atoms with E-state index in [4.69, 9.17) is 17.3 Å². The number of sulfone groups is 1. The van der Waals surface area contributed by atoms with Gasteiger partial charge < -0.3 is 10.6 Å². The van der Waals surface area contributed by atoms with Crippen LogP contribution < -0.4 is 11.1 Å². The van der Waals surface area contributed by atoms with Crippen molar-refractivity contribution in [2.75, 3.05) is 18.2 Å². The van der Waals surface area contributed by atoms with Crippen molar-refractivity contribution in [1.29, 1.82) is 0 Å². The van der Waals surface area contributed by atoms with Gasteiger partial charge in [-0.2, -0.15) is 11.3 Å². The van der Waals surface area contributed by atoms with E-state index in [-0.39, 0.29) is 16.7 Å². The van der Waals surface area contributed by atoms with E-state index < -0.39 is 15.9 Å². The molecule has 1 aliphatic rings. The second-order valence-electron chi connectivity index (χ2n) is 7.05. The molecule has 152 valence electrons. The number of hydrogen-bond donors (Lipinski definition) is 2. The van der Waals surface area contributed by atoms with Gasteiger partial charge in [0.25, 0.3) is 0 Å². The molecule has 3 N–H and O–H groups in total. The molecule has 9 heteroatoms. The van der Waals surface area contributed by atoms with Crippen molar-refractivity contribution in [1.82, 2.24) is 10.2 Å². The molecule has 29 heavy (non-hydrogen) atoms. The number of halogens is 1. The molecule has 0 aliphatic carbocycles. The van der Waals surface area contributed by atoms with E-state index >= 15 is 0 Å². The number of nitrogens with one attached hydrogen (secondary N) is 1. The number of carbonyl (C=O) groups excluding carboxylic acids is 1. The molecule has 1 amide bonds. The minimum atomic E-state index is -3.61. The topological polar surface area (TPSA) is 92.5 Å². The Labute approximate surface area is 178 Å². The first kappa shape index (κ1) is 20.2. The van der Waals surface area contributed by atoms with E-state index in [0.29, 0.717) is 41.0 Å². The van der Waals surface area contributed by atoms with Gasteiger partial charge in [0.15, 0.2) is 9.84 Å². The zero-order valence-electron chi connectivity index (χ0n) is 15.5. The Morgan fingerprint density at radius 3 is 2.83 bits per heavy atom. The van der Waals surface area contributed by atoms with Crippen LogP contribution in [0.15, 0.2) is 52.1 Å².